The molecule has 5 rings (SSSR count). The highest BCUT2D eigenvalue weighted by atomic mass is 16.1. The number of amides is 1. The summed E-state index contributed by atoms with van der Waals surface area (Å²) in [5.41, 5.74) is 5.78. The van der Waals surface area contributed by atoms with Crippen LogP contribution in [0.2, 0.25) is 0 Å². The topological polar surface area (TPSA) is 110 Å². The van der Waals surface area contributed by atoms with Crippen molar-refractivity contribution in [1.82, 2.24) is 24.7 Å². The number of benzene rings is 1. The summed E-state index contributed by atoms with van der Waals surface area (Å²) in [5.74, 6) is 1.32. The molecule has 1 atom stereocenters. The van der Waals surface area contributed by atoms with Gasteiger partial charge in [-0.25, -0.2) is 15.0 Å². The van der Waals surface area contributed by atoms with Crippen LogP contribution in [0.1, 0.15) is 59.8 Å². The first-order valence-electron chi connectivity index (χ1n) is 12.0. The van der Waals surface area contributed by atoms with Gasteiger partial charge in [0.15, 0.2) is 0 Å². The molecule has 0 saturated heterocycles. The van der Waals surface area contributed by atoms with E-state index in [2.05, 4.69) is 49.8 Å². The predicted octanol–water partition coefficient (Wildman–Crippen LogP) is 4.86. The van der Waals surface area contributed by atoms with Gasteiger partial charge in [-0.05, 0) is 75.4 Å². The highest BCUT2D eigenvalue weighted by Gasteiger charge is 2.22. The van der Waals surface area contributed by atoms with E-state index in [9.17, 15) is 4.79 Å². The minimum absolute atomic E-state index is 0.0523. The minimum atomic E-state index is -0.184. The Kier molecular flexibility index (Phi) is 6.07. The van der Waals surface area contributed by atoms with E-state index in [0.29, 0.717) is 23.1 Å². The SMILES string of the molecule is CCn1cc2ncc(N[C@@H](C)c3cc(NC(=O)c4cnc(NC5CC5)c(C)c4)ccc3C)nc2n1. The van der Waals surface area contributed by atoms with Crippen LogP contribution in [-0.4, -0.2) is 36.7 Å². The maximum Gasteiger partial charge on any atom is 0.257 e. The largest absolute Gasteiger partial charge is 0.367 e. The number of fused-ring (bicyclic) bond motifs is 1. The maximum absolute atomic E-state index is 12.9. The lowest BCUT2D eigenvalue weighted by molar-refractivity contribution is 0.102. The second-order valence-electron chi connectivity index (χ2n) is 9.15. The van der Waals surface area contributed by atoms with Gasteiger partial charge in [-0.2, -0.15) is 5.10 Å². The van der Waals surface area contributed by atoms with E-state index in [1.54, 1.807) is 12.4 Å². The van der Waals surface area contributed by atoms with Crippen molar-refractivity contribution in [2.45, 2.75) is 59.2 Å². The number of aryl methyl sites for hydroxylation is 3. The Bertz CT molecular complexity index is 1390. The van der Waals surface area contributed by atoms with Crippen LogP contribution in [0.4, 0.5) is 17.3 Å². The summed E-state index contributed by atoms with van der Waals surface area (Å²) in [5, 5.41) is 14.3. The third kappa shape index (κ3) is 5.08. The van der Waals surface area contributed by atoms with Gasteiger partial charge in [-0.1, -0.05) is 6.07 Å². The number of anilines is 3. The Hall–Kier alpha value is -4.01. The van der Waals surface area contributed by atoms with Gasteiger partial charge in [0, 0.05) is 24.5 Å². The van der Waals surface area contributed by atoms with Gasteiger partial charge in [-0.3, -0.25) is 9.48 Å². The van der Waals surface area contributed by atoms with Gasteiger partial charge in [-0.15, -0.1) is 0 Å². The van der Waals surface area contributed by atoms with Crippen molar-refractivity contribution in [3.63, 3.8) is 0 Å². The molecule has 1 aliphatic carbocycles. The summed E-state index contributed by atoms with van der Waals surface area (Å²) < 4.78 is 1.82. The third-order valence-corrected chi connectivity index (χ3v) is 6.23. The molecule has 3 aromatic heterocycles. The first-order chi connectivity index (χ1) is 16.9. The van der Waals surface area contributed by atoms with Crippen LogP contribution in [0.25, 0.3) is 11.2 Å². The standard InChI is InChI=1S/C26H30N8O/c1-5-34-14-22-25(33-34)32-23(13-27-22)29-17(4)21-11-20(7-6-15(21)2)31-26(35)18-10-16(3)24(28-12-18)30-19-8-9-19/h6-7,10-14,17,19H,5,8-9H2,1-4H3,(H,28,30)(H,31,35)(H,29,32,33)/t17-/m0/s1. The fraction of sp³-hybridized carbons (Fsp3) is 0.346. The molecule has 1 fully saturated rings. The van der Waals surface area contributed by atoms with Crippen LogP contribution in [0.3, 0.4) is 0 Å². The first kappa shape index (κ1) is 22.8. The Morgan fingerprint density at radius 2 is 1.97 bits per heavy atom. The molecule has 3 N–H and O–H groups in total. The molecule has 3 heterocycles. The van der Waals surface area contributed by atoms with E-state index in [0.717, 1.165) is 40.3 Å². The van der Waals surface area contributed by atoms with Gasteiger partial charge in [0.05, 0.1) is 24.0 Å². The molecule has 4 aromatic rings. The lowest BCUT2D eigenvalue weighted by Gasteiger charge is -2.18. The molecule has 0 radical (unpaired) electrons. The minimum Gasteiger partial charge on any atom is -0.367 e. The number of aromatic nitrogens is 5. The fourth-order valence-electron chi connectivity index (χ4n) is 4.04. The fourth-order valence-corrected chi connectivity index (χ4v) is 4.04. The lowest BCUT2D eigenvalue weighted by Crippen LogP contribution is -2.15. The summed E-state index contributed by atoms with van der Waals surface area (Å²) in [6, 6.07) is 8.25. The summed E-state index contributed by atoms with van der Waals surface area (Å²) >= 11 is 0. The molecule has 0 unspecified atom stereocenters. The molecule has 1 saturated carbocycles. The van der Waals surface area contributed by atoms with Crippen LogP contribution in [-0.2, 0) is 6.54 Å². The molecule has 180 valence electrons. The lowest BCUT2D eigenvalue weighted by atomic mass is 10.0. The number of nitrogens with one attached hydrogen (secondary N) is 3. The predicted molar refractivity (Wildman–Crippen MR) is 138 cm³/mol. The van der Waals surface area contributed by atoms with Crippen molar-refractivity contribution in [1.29, 1.82) is 0 Å². The summed E-state index contributed by atoms with van der Waals surface area (Å²) in [4.78, 5) is 26.4. The molecular weight excluding hydrogens is 440 g/mol. The van der Waals surface area contributed by atoms with Crippen molar-refractivity contribution < 1.29 is 4.79 Å². The highest BCUT2D eigenvalue weighted by Crippen LogP contribution is 2.27. The zero-order chi connectivity index (χ0) is 24.5. The summed E-state index contributed by atoms with van der Waals surface area (Å²) in [6.07, 6.45) is 7.59. The molecule has 35 heavy (non-hydrogen) atoms. The number of pyridine rings is 1. The van der Waals surface area contributed by atoms with E-state index in [1.807, 2.05) is 49.0 Å². The zero-order valence-corrected chi connectivity index (χ0v) is 20.5. The maximum atomic E-state index is 12.9. The van der Waals surface area contributed by atoms with Gasteiger partial charge < -0.3 is 16.0 Å². The van der Waals surface area contributed by atoms with Crippen LogP contribution in [0.5, 0.6) is 0 Å². The van der Waals surface area contributed by atoms with Crippen molar-refractivity contribution in [2.75, 3.05) is 16.0 Å². The number of rotatable bonds is 8. The van der Waals surface area contributed by atoms with Crippen LogP contribution in [0.15, 0.2) is 42.9 Å². The Balaban J connectivity index is 1.29. The average molecular weight is 471 g/mol. The Morgan fingerprint density at radius 1 is 1.14 bits per heavy atom. The zero-order valence-electron chi connectivity index (χ0n) is 20.5. The number of carbonyl (C=O) groups excluding carboxylic acids is 1. The number of nitrogens with zero attached hydrogens (tertiary/aromatic N) is 5. The highest BCUT2D eigenvalue weighted by molar-refractivity contribution is 6.04. The molecule has 1 aliphatic rings. The normalized spacial score (nSPS) is 14.1. The van der Waals surface area contributed by atoms with Crippen LogP contribution in [0, 0.1) is 13.8 Å². The van der Waals surface area contributed by atoms with Crippen LogP contribution >= 0.6 is 0 Å². The van der Waals surface area contributed by atoms with Crippen molar-refractivity contribution in [3.05, 3.63) is 65.1 Å². The van der Waals surface area contributed by atoms with Gasteiger partial charge >= 0.3 is 0 Å². The first-order valence-corrected chi connectivity index (χ1v) is 12.0. The number of hydrogen-bond donors (Lipinski definition) is 3. The Morgan fingerprint density at radius 3 is 2.71 bits per heavy atom. The van der Waals surface area contributed by atoms with Crippen molar-refractivity contribution in [3.8, 4) is 0 Å². The molecule has 0 aliphatic heterocycles. The second kappa shape index (κ2) is 9.32. The van der Waals surface area contributed by atoms with Gasteiger partial charge in [0.1, 0.15) is 17.2 Å². The molecule has 0 bridgehead atoms. The Labute approximate surface area is 204 Å². The second-order valence-corrected chi connectivity index (χ2v) is 9.15. The summed E-state index contributed by atoms with van der Waals surface area (Å²) in [7, 11) is 0. The van der Waals surface area contributed by atoms with E-state index in [1.165, 1.54) is 12.8 Å². The van der Waals surface area contributed by atoms with E-state index in [-0.39, 0.29) is 11.9 Å². The van der Waals surface area contributed by atoms with Crippen molar-refractivity contribution >= 4 is 34.4 Å². The van der Waals surface area contributed by atoms with Crippen LogP contribution < -0.4 is 16.0 Å². The monoisotopic (exact) mass is 470 g/mol. The molecular formula is C26H30N8O. The van der Waals surface area contributed by atoms with Gasteiger partial charge in [0.2, 0.25) is 5.65 Å². The molecule has 0 spiro atoms. The molecule has 1 aromatic carbocycles. The summed E-state index contributed by atoms with van der Waals surface area (Å²) in [6.45, 7) is 8.88. The number of hydrogen-bond acceptors (Lipinski definition) is 7. The quantitative estimate of drug-likeness (QED) is 0.337. The van der Waals surface area contributed by atoms with E-state index < -0.39 is 0 Å². The van der Waals surface area contributed by atoms with E-state index >= 15 is 0 Å². The van der Waals surface area contributed by atoms with Gasteiger partial charge in [0.25, 0.3) is 5.91 Å². The third-order valence-electron chi connectivity index (χ3n) is 6.23. The molecule has 1 amide bonds. The smallest absolute Gasteiger partial charge is 0.257 e. The van der Waals surface area contributed by atoms with E-state index in [4.69, 9.17) is 0 Å². The molecule has 9 heteroatoms. The van der Waals surface area contributed by atoms with Crippen molar-refractivity contribution in [2.24, 2.45) is 0 Å². The molecule has 9 nitrogen and oxygen atoms in total. The number of carbonyl (C=O) groups is 1. The average Bonchev–Trinajstić information content (AvgIpc) is 3.57.